The van der Waals surface area contributed by atoms with Crippen LogP contribution in [0.5, 0.6) is 11.5 Å². The van der Waals surface area contributed by atoms with Gasteiger partial charge in [0.25, 0.3) is 0 Å². The highest BCUT2D eigenvalue weighted by atomic mass is 16.5. The summed E-state index contributed by atoms with van der Waals surface area (Å²) in [7, 11) is 4.02. The van der Waals surface area contributed by atoms with Crippen molar-refractivity contribution in [3.05, 3.63) is 98.1 Å². The first-order valence-electron chi connectivity index (χ1n) is 11.1. The van der Waals surface area contributed by atoms with Crippen LogP contribution in [0.1, 0.15) is 0 Å². The first kappa shape index (κ1) is 23.6. The van der Waals surface area contributed by atoms with E-state index in [9.17, 15) is 9.59 Å². The summed E-state index contributed by atoms with van der Waals surface area (Å²) in [6, 6.07) is 23.1. The van der Waals surface area contributed by atoms with Crippen LogP contribution in [0.25, 0.3) is 21.5 Å². The van der Waals surface area contributed by atoms with Crippen molar-refractivity contribution >= 4 is 44.9 Å². The smallest absolute Gasteiger partial charge is 0.335 e. The number of nitrogens with zero attached hydrogens (tertiary/aromatic N) is 2. The van der Waals surface area contributed by atoms with Gasteiger partial charge in [-0.1, -0.05) is 61.7 Å². The maximum absolute atomic E-state index is 11.8. The Morgan fingerprint density at radius 2 is 1.03 bits per heavy atom. The van der Waals surface area contributed by atoms with Crippen LogP contribution in [0.15, 0.2) is 98.1 Å². The Morgan fingerprint density at radius 3 is 1.43 bits per heavy atom. The standard InChI is InChI=1S/C29H26N2O4/c1-5-28(32)34-26-17-9-11-20-22(26)13-7-15-24(20)30(3)19-31(4)25-16-8-14-23-21(25)12-10-18-27(23)35-29(33)6-2/h5-18H,1-2,19H2,3-4H3. The van der Waals surface area contributed by atoms with E-state index in [1.807, 2.05) is 74.8 Å². The van der Waals surface area contributed by atoms with Gasteiger partial charge in [-0.15, -0.1) is 0 Å². The number of rotatable bonds is 8. The molecule has 0 saturated carbocycles. The van der Waals surface area contributed by atoms with Crippen molar-refractivity contribution < 1.29 is 19.1 Å². The van der Waals surface area contributed by atoms with Crippen LogP contribution in [0.3, 0.4) is 0 Å². The predicted octanol–water partition coefficient (Wildman–Crippen LogP) is 5.71. The molecule has 6 nitrogen and oxygen atoms in total. The number of esters is 2. The van der Waals surface area contributed by atoms with Gasteiger partial charge in [0, 0.05) is 59.2 Å². The molecule has 0 atom stereocenters. The van der Waals surface area contributed by atoms with Crippen molar-refractivity contribution in [3.8, 4) is 11.5 Å². The quantitative estimate of drug-likeness (QED) is 0.144. The van der Waals surface area contributed by atoms with Crippen LogP contribution in [-0.2, 0) is 9.59 Å². The molecule has 0 radical (unpaired) electrons. The Labute approximate surface area is 204 Å². The van der Waals surface area contributed by atoms with E-state index >= 15 is 0 Å². The lowest BCUT2D eigenvalue weighted by Crippen LogP contribution is -2.33. The van der Waals surface area contributed by atoms with Crippen molar-refractivity contribution in [1.29, 1.82) is 0 Å². The molecule has 6 heteroatoms. The lowest BCUT2D eigenvalue weighted by atomic mass is 10.1. The number of carbonyl (C=O) groups excluding carboxylic acids is 2. The highest BCUT2D eigenvalue weighted by Gasteiger charge is 2.15. The average molecular weight is 467 g/mol. The molecule has 0 aliphatic rings. The first-order chi connectivity index (χ1) is 16.9. The van der Waals surface area contributed by atoms with Gasteiger partial charge in [-0.25, -0.2) is 9.59 Å². The van der Waals surface area contributed by atoms with E-state index in [-0.39, 0.29) is 0 Å². The Bertz CT molecular complexity index is 1330. The fourth-order valence-electron chi connectivity index (χ4n) is 4.14. The zero-order valence-electron chi connectivity index (χ0n) is 19.7. The minimum atomic E-state index is -0.495. The normalized spacial score (nSPS) is 10.6. The van der Waals surface area contributed by atoms with Crippen LogP contribution < -0.4 is 19.3 Å². The van der Waals surface area contributed by atoms with E-state index < -0.39 is 11.9 Å². The second kappa shape index (κ2) is 10.1. The zero-order valence-corrected chi connectivity index (χ0v) is 19.7. The van der Waals surface area contributed by atoms with Gasteiger partial charge in [0.05, 0.1) is 6.67 Å². The highest BCUT2D eigenvalue weighted by molar-refractivity contribution is 6.01. The Hall–Kier alpha value is -4.58. The maximum atomic E-state index is 11.8. The van der Waals surface area contributed by atoms with E-state index in [4.69, 9.17) is 9.47 Å². The second-order valence-corrected chi connectivity index (χ2v) is 8.04. The van der Waals surface area contributed by atoms with E-state index in [0.29, 0.717) is 18.2 Å². The number of hydrogen-bond acceptors (Lipinski definition) is 6. The molecule has 0 fully saturated rings. The summed E-state index contributed by atoms with van der Waals surface area (Å²) in [4.78, 5) is 27.8. The second-order valence-electron chi connectivity index (χ2n) is 8.04. The third-order valence-electron chi connectivity index (χ3n) is 5.72. The third-order valence-corrected chi connectivity index (χ3v) is 5.72. The molecular weight excluding hydrogens is 440 g/mol. The van der Waals surface area contributed by atoms with Crippen molar-refractivity contribution in [3.63, 3.8) is 0 Å². The molecule has 0 saturated heterocycles. The van der Waals surface area contributed by atoms with Gasteiger partial charge in [0.1, 0.15) is 11.5 Å². The Morgan fingerprint density at radius 1 is 0.657 bits per heavy atom. The van der Waals surface area contributed by atoms with E-state index in [1.165, 1.54) is 0 Å². The minimum Gasteiger partial charge on any atom is -0.423 e. The van der Waals surface area contributed by atoms with Crippen LogP contribution in [0.2, 0.25) is 0 Å². The molecule has 4 rings (SSSR count). The molecule has 0 aromatic heterocycles. The number of fused-ring (bicyclic) bond motifs is 2. The SMILES string of the molecule is C=CC(=O)Oc1cccc2c(N(C)CN(C)c3cccc4c(OC(=O)C=C)cccc34)cccc12. The maximum Gasteiger partial charge on any atom is 0.335 e. The molecule has 35 heavy (non-hydrogen) atoms. The molecule has 0 bridgehead atoms. The summed E-state index contributed by atoms with van der Waals surface area (Å²) in [6.07, 6.45) is 2.30. The molecular formula is C29H26N2O4. The minimum absolute atomic E-state index is 0.492. The highest BCUT2D eigenvalue weighted by Crippen LogP contribution is 2.35. The number of carbonyl (C=O) groups is 2. The molecule has 0 spiro atoms. The molecule has 176 valence electrons. The van der Waals surface area contributed by atoms with Gasteiger partial charge < -0.3 is 19.3 Å². The number of ether oxygens (including phenoxy) is 2. The largest absolute Gasteiger partial charge is 0.423 e. The van der Waals surface area contributed by atoms with Crippen molar-refractivity contribution in [2.24, 2.45) is 0 Å². The van der Waals surface area contributed by atoms with Crippen LogP contribution in [-0.4, -0.2) is 32.7 Å². The first-order valence-corrected chi connectivity index (χ1v) is 11.1. The van der Waals surface area contributed by atoms with Crippen molar-refractivity contribution in [2.75, 3.05) is 30.6 Å². The van der Waals surface area contributed by atoms with Crippen molar-refractivity contribution in [2.45, 2.75) is 0 Å². The summed E-state index contributed by atoms with van der Waals surface area (Å²) >= 11 is 0. The summed E-state index contributed by atoms with van der Waals surface area (Å²) < 4.78 is 10.9. The van der Waals surface area contributed by atoms with Gasteiger partial charge >= 0.3 is 11.9 Å². The number of benzene rings is 4. The summed E-state index contributed by atoms with van der Waals surface area (Å²) in [6.45, 7) is 7.52. The van der Waals surface area contributed by atoms with Gasteiger partial charge in [-0.05, 0) is 24.3 Å². The van der Waals surface area contributed by atoms with E-state index in [0.717, 1.165) is 45.1 Å². The van der Waals surface area contributed by atoms with Crippen LogP contribution in [0.4, 0.5) is 11.4 Å². The molecule has 0 heterocycles. The Balaban J connectivity index is 1.65. The predicted molar refractivity (Wildman–Crippen MR) is 141 cm³/mol. The summed E-state index contributed by atoms with van der Waals surface area (Å²) in [5.74, 6) is -0.00603. The molecule has 4 aromatic rings. The van der Waals surface area contributed by atoms with Gasteiger partial charge in [-0.2, -0.15) is 0 Å². The fraction of sp³-hybridized carbons (Fsp3) is 0.103. The zero-order chi connectivity index (χ0) is 24.9. The lowest BCUT2D eigenvalue weighted by Gasteiger charge is -2.29. The van der Waals surface area contributed by atoms with Crippen LogP contribution in [0, 0.1) is 0 Å². The van der Waals surface area contributed by atoms with Gasteiger partial charge in [0.2, 0.25) is 0 Å². The molecule has 0 unspecified atom stereocenters. The Kier molecular flexibility index (Phi) is 6.83. The van der Waals surface area contributed by atoms with Crippen molar-refractivity contribution in [1.82, 2.24) is 0 Å². The van der Waals surface area contributed by atoms with Gasteiger partial charge in [-0.3, -0.25) is 0 Å². The van der Waals surface area contributed by atoms with Crippen LogP contribution >= 0.6 is 0 Å². The van der Waals surface area contributed by atoms with E-state index in [2.05, 4.69) is 23.0 Å². The number of hydrogen-bond donors (Lipinski definition) is 0. The molecule has 0 aliphatic heterocycles. The number of anilines is 2. The molecule has 0 amide bonds. The van der Waals surface area contributed by atoms with E-state index in [1.54, 1.807) is 12.1 Å². The lowest BCUT2D eigenvalue weighted by molar-refractivity contribution is -0.129. The molecule has 4 aromatic carbocycles. The molecule has 0 N–H and O–H groups in total. The topological polar surface area (TPSA) is 59.1 Å². The third kappa shape index (κ3) is 4.87. The summed E-state index contributed by atoms with van der Waals surface area (Å²) in [5.41, 5.74) is 1.98. The molecule has 0 aliphatic carbocycles. The monoisotopic (exact) mass is 466 g/mol. The van der Waals surface area contributed by atoms with Gasteiger partial charge in [0.15, 0.2) is 0 Å². The summed E-state index contributed by atoms with van der Waals surface area (Å²) in [5, 5.41) is 3.62. The average Bonchev–Trinajstić information content (AvgIpc) is 2.88. The fourth-order valence-corrected chi connectivity index (χ4v) is 4.14.